The minimum atomic E-state index is -0.105. The normalized spacial score (nSPS) is 19.7. The van der Waals surface area contributed by atoms with Crippen LogP contribution in [0.4, 0.5) is 0 Å². The highest BCUT2D eigenvalue weighted by Crippen LogP contribution is 2.28. The van der Waals surface area contributed by atoms with E-state index < -0.39 is 0 Å². The number of nitrogens with one attached hydrogen (secondary N) is 2. The standard InChI is InChI=1S/C25H35N3S/c1-6-7-18(2)8-9-21-10-12-22(13-11-21)23(16-20(4)28-29)24(26)17-25(5)15-14-19(3)27-25/h10-14,16,26-27,29H,2,6-9,15,17H2,1,3-5H3/b23-16-,26-24?,28-20+. The molecule has 1 aromatic carbocycles. The Labute approximate surface area is 182 Å². The first-order valence-electron chi connectivity index (χ1n) is 10.5. The van der Waals surface area contributed by atoms with Gasteiger partial charge in [-0.3, -0.25) is 0 Å². The van der Waals surface area contributed by atoms with Gasteiger partial charge in [-0.2, -0.15) is 0 Å². The lowest BCUT2D eigenvalue weighted by Crippen LogP contribution is -2.38. The molecule has 0 bridgehead atoms. The Balaban J connectivity index is 2.17. The van der Waals surface area contributed by atoms with Gasteiger partial charge in [-0.1, -0.05) is 55.8 Å². The van der Waals surface area contributed by atoms with Crippen LogP contribution in [0.1, 0.15) is 70.9 Å². The number of allylic oxidation sites excluding steroid dienone is 4. The second-order valence-electron chi connectivity index (χ2n) is 8.43. The first-order valence-corrected chi connectivity index (χ1v) is 10.9. The maximum atomic E-state index is 8.82. The van der Waals surface area contributed by atoms with E-state index in [2.05, 4.69) is 80.2 Å². The van der Waals surface area contributed by atoms with Crippen LogP contribution in [-0.2, 0) is 6.42 Å². The minimum Gasteiger partial charge on any atom is -0.383 e. The molecule has 1 atom stereocenters. The highest BCUT2D eigenvalue weighted by atomic mass is 32.1. The maximum absolute atomic E-state index is 8.82. The van der Waals surface area contributed by atoms with E-state index in [9.17, 15) is 0 Å². The van der Waals surface area contributed by atoms with Gasteiger partial charge in [0.05, 0.1) is 0 Å². The van der Waals surface area contributed by atoms with Crippen LogP contribution in [0.3, 0.4) is 0 Å². The summed E-state index contributed by atoms with van der Waals surface area (Å²) < 4.78 is 3.98. The third kappa shape index (κ3) is 7.04. The molecule has 4 heteroatoms. The van der Waals surface area contributed by atoms with Crippen molar-refractivity contribution < 1.29 is 0 Å². The lowest BCUT2D eigenvalue weighted by Gasteiger charge is -2.27. The molecule has 0 saturated carbocycles. The third-order valence-electron chi connectivity index (χ3n) is 5.40. The molecule has 29 heavy (non-hydrogen) atoms. The van der Waals surface area contributed by atoms with Crippen molar-refractivity contribution in [1.82, 2.24) is 5.32 Å². The van der Waals surface area contributed by atoms with Gasteiger partial charge in [-0.15, -0.1) is 0 Å². The fraction of sp³-hybridized carbons (Fsp3) is 0.440. The van der Waals surface area contributed by atoms with E-state index >= 15 is 0 Å². The molecule has 156 valence electrons. The van der Waals surface area contributed by atoms with Gasteiger partial charge in [0, 0.05) is 34.7 Å². The lowest BCUT2D eigenvalue weighted by molar-refractivity contribution is 0.438. The average Bonchev–Trinajstić information content (AvgIpc) is 3.03. The third-order valence-corrected chi connectivity index (χ3v) is 5.71. The van der Waals surface area contributed by atoms with Crippen molar-refractivity contribution in [1.29, 1.82) is 5.41 Å². The zero-order chi connectivity index (χ0) is 21.4. The summed E-state index contributed by atoms with van der Waals surface area (Å²) in [5.41, 5.74) is 7.08. The van der Waals surface area contributed by atoms with Crippen LogP contribution in [-0.4, -0.2) is 17.0 Å². The monoisotopic (exact) mass is 409 g/mol. The molecule has 0 aromatic heterocycles. The summed E-state index contributed by atoms with van der Waals surface area (Å²) in [6, 6.07) is 8.59. The SMILES string of the molecule is C=C(CCC)CCc1ccc(/C(=C/C(C)=N/S)C(=N)CC2(C)CC=C(C)N2)cc1. The quantitative estimate of drug-likeness (QED) is 0.224. The number of benzene rings is 1. The van der Waals surface area contributed by atoms with Crippen LogP contribution in [0.5, 0.6) is 0 Å². The predicted octanol–water partition coefficient (Wildman–Crippen LogP) is 6.73. The minimum absolute atomic E-state index is 0.105. The molecule has 1 unspecified atom stereocenters. The van der Waals surface area contributed by atoms with Gasteiger partial charge < -0.3 is 10.7 Å². The molecule has 0 saturated heterocycles. The summed E-state index contributed by atoms with van der Waals surface area (Å²) in [7, 11) is 0. The molecule has 1 aliphatic rings. The van der Waals surface area contributed by atoms with Gasteiger partial charge in [0.2, 0.25) is 0 Å². The van der Waals surface area contributed by atoms with Gasteiger partial charge in [0.25, 0.3) is 0 Å². The molecule has 0 radical (unpaired) electrons. The number of hydrogen-bond acceptors (Lipinski definition) is 4. The lowest BCUT2D eigenvalue weighted by atomic mass is 9.87. The van der Waals surface area contributed by atoms with E-state index in [0.29, 0.717) is 12.1 Å². The summed E-state index contributed by atoms with van der Waals surface area (Å²) in [5, 5.41) is 12.3. The van der Waals surface area contributed by atoms with Crippen molar-refractivity contribution in [3.05, 3.63) is 65.4 Å². The second-order valence-corrected chi connectivity index (χ2v) is 8.63. The van der Waals surface area contributed by atoms with Crippen LogP contribution in [0.15, 0.2) is 58.7 Å². The largest absolute Gasteiger partial charge is 0.383 e. The van der Waals surface area contributed by atoms with Crippen LogP contribution in [0.25, 0.3) is 5.57 Å². The van der Waals surface area contributed by atoms with Gasteiger partial charge in [0.1, 0.15) is 0 Å². The zero-order valence-electron chi connectivity index (χ0n) is 18.3. The number of rotatable bonds is 10. The van der Waals surface area contributed by atoms with E-state index in [1.165, 1.54) is 16.8 Å². The maximum Gasteiger partial charge on any atom is 0.0459 e. The van der Waals surface area contributed by atoms with Gasteiger partial charge in [0.15, 0.2) is 0 Å². The van der Waals surface area contributed by atoms with Crippen LogP contribution in [0, 0.1) is 5.41 Å². The Morgan fingerprint density at radius 1 is 1.31 bits per heavy atom. The molecular formula is C25H35N3S. The van der Waals surface area contributed by atoms with Crippen LogP contribution < -0.4 is 5.32 Å². The molecular weight excluding hydrogens is 374 g/mol. The molecule has 0 aliphatic carbocycles. The fourth-order valence-corrected chi connectivity index (χ4v) is 3.85. The van der Waals surface area contributed by atoms with Crippen LogP contribution >= 0.6 is 12.8 Å². The van der Waals surface area contributed by atoms with Crippen molar-refractivity contribution in [3.8, 4) is 0 Å². The molecule has 0 fully saturated rings. The van der Waals surface area contributed by atoms with Gasteiger partial charge in [-0.05, 0) is 76.5 Å². The summed E-state index contributed by atoms with van der Waals surface area (Å²) in [5.74, 6) is 0. The van der Waals surface area contributed by atoms with E-state index in [0.717, 1.165) is 49.0 Å². The first-order chi connectivity index (χ1) is 13.8. The molecule has 0 amide bonds. The second kappa shape index (κ2) is 10.6. The van der Waals surface area contributed by atoms with Crippen LogP contribution in [0.2, 0.25) is 0 Å². The Hall–Kier alpha value is -2.07. The van der Waals surface area contributed by atoms with Crippen molar-refractivity contribution >= 4 is 29.8 Å². The highest BCUT2D eigenvalue weighted by Gasteiger charge is 2.29. The smallest absolute Gasteiger partial charge is 0.0459 e. The van der Waals surface area contributed by atoms with Gasteiger partial charge in [-0.25, -0.2) is 4.40 Å². The molecule has 2 N–H and O–H groups in total. The van der Waals surface area contributed by atoms with Crippen molar-refractivity contribution in [3.63, 3.8) is 0 Å². The zero-order valence-corrected chi connectivity index (χ0v) is 19.2. The van der Waals surface area contributed by atoms with E-state index in [-0.39, 0.29) is 5.54 Å². The van der Waals surface area contributed by atoms with E-state index in [4.69, 9.17) is 5.41 Å². The number of aryl methyl sites for hydroxylation is 1. The summed E-state index contributed by atoms with van der Waals surface area (Å²) in [4.78, 5) is 0. The highest BCUT2D eigenvalue weighted by molar-refractivity contribution is 7.79. The molecule has 1 aliphatic heterocycles. The Morgan fingerprint density at radius 2 is 2.00 bits per heavy atom. The first kappa shape index (κ1) is 23.2. The predicted molar refractivity (Wildman–Crippen MR) is 131 cm³/mol. The molecule has 1 heterocycles. The van der Waals surface area contributed by atoms with Crippen molar-refractivity contribution in [2.24, 2.45) is 4.40 Å². The average molecular weight is 410 g/mol. The Bertz CT molecular complexity index is 830. The molecule has 1 aromatic rings. The topological polar surface area (TPSA) is 48.2 Å². The van der Waals surface area contributed by atoms with Crippen molar-refractivity contribution in [2.75, 3.05) is 0 Å². The number of thiol groups is 1. The van der Waals surface area contributed by atoms with Crippen molar-refractivity contribution in [2.45, 2.75) is 71.8 Å². The number of hydrogen-bond donors (Lipinski definition) is 3. The summed E-state index contributed by atoms with van der Waals surface area (Å²) >= 11 is 4.04. The summed E-state index contributed by atoms with van der Waals surface area (Å²) in [6.45, 7) is 12.5. The Morgan fingerprint density at radius 3 is 2.55 bits per heavy atom. The number of nitrogens with zero attached hydrogens (tertiary/aromatic N) is 1. The fourth-order valence-electron chi connectivity index (χ4n) is 3.79. The molecule has 3 nitrogen and oxygen atoms in total. The molecule has 2 rings (SSSR count). The van der Waals surface area contributed by atoms with E-state index in [1.54, 1.807) is 0 Å². The van der Waals surface area contributed by atoms with E-state index in [1.807, 2.05) is 13.0 Å². The Kier molecular flexibility index (Phi) is 8.51. The summed E-state index contributed by atoms with van der Waals surface area (Å²) in [6.07, 6.45) is 10.1. The molecule has 0 spiro atoms. The van der Waals surface area contributed by atoms with Gasteiger partial charge >= 0.3 is 0 Å².